The third kappa shape index (κ3) is 5.03. The van der Waals surface area contributed by atoms with Crippen molar-refractivity contribution in [1.82, 2.24) is 0 Å². The van der Waals surface area contributed by atoms with Crippen molar-refractivity contribution in [3.05, 3.63) is 64.7 Å². The maximum Gasteiger partial charge on any atom is 0.0878 e. The van der Waals surface area contributed by atoms with Gasteiger partial charge in [0.25, 0.3) is 0 Å². The topological polar surface area (TPSA) is 12.0 Å². The standard InChI is InChI=1S/C23H26ClN/c1-2-20(25-21-11-7-4-8-12-21)15-13-18-14-16-22(23(24)17-18)19-9-5-3-6-10-19/h4,7-8,11-12,14,16-17,19-20,25H,2-3,5-6,9-10H2,1H3. The van der Waals surface area contributed by atoms with Crippen molar-refractivity contribution in [2.75, 3.05) is 5.32 Å². The molecule has 1 fully saturated rings. The number of benzene rings is 2. The van der Waals surface area contributed by atoms with Gasteiger partial charge in [-0.3, -0.25) is 0 Å². The molecule has 1 saturated carbocycles. The summed E-state index contributed by atoms with van der Waals surface area (Å²) < 4.78 is 0. The molecule has 0 bridgehead atoms. The van der Waals surface area contributed by atoms with Crippen LogP contribution in [0.15, 0.2) is 48.5 Å². The minimum atomic E-state index is 0.138. The molecular weight excluding hydrogens is 326 g/mol. The number of para-hydroxylation sites is 1. The molecule has 1 aliphatic carbocycles. The first-order valence-corrected chi connectivity index (χ1v) is 9.76. The van der Waals surface area contributed by atoms with Gasteiger partial charge in [0.15, 0.2) is 0 Å². The van der Waals surface area contributed by atoms with Gasteiger partial charge in [0.2, 0.25) is 0 Å². The van der Waals surface area contributed by atoms with Crippen molar-refractivity contribution in [3.8, 4) is 11.8 Å². The highest BCUT2D eigenvalue weighted by molar-refractivity contribution is 6.31. The minimum absolute atomic E-state index is 0.138. The van der Waals surface area contributed by atoms with Gasteiger partial charge >= 0.3 is 0 Å². The molecule has 1 atom stereocenters. The Bertz CT molecular complexity index is 736. The maximum absolute atomic E-state index is 6.56. The van der Waals surface area contributed by atoms with Crippen LogP contribution in [0.4, 0.5) is 5.69 Å². The molecule has 130 valence electrons. The van der Waals surface area contributed by atoms with Crippen LogP contribution < -0.4 is 5.32 Å². The van der Waals surface area contributed by atoms with Gasteiger partial charge in [0.1, 0.15) is 0 Å². The zero-order chi connectivity index (χ0) is 17.5. The summed E-state index contributed by atoms with van der Waals surface area (Å²) in [5, 5.41) is 4.35. The Hall–Kier alpha value is -1.91. The van der Waals surface area contributed by atoms with Crippen LogP contribution in [0.1, 0.15) is 62.5 Å². The molecular formula is C23H26ClN. The van der Waals surface area contributed by atoms with Gasteiger partial charge in [-0.1, -0.05) is 73.9 Å². The summed E-state index contributed by atoms with van der Waals surface area (Å²) in [5.74, 6) is 7.26. The molecule has 0 aliphatic heterocycles. The maximum atomic E-state index is 6.56. The Morgan fingerprint density at radius 3 is 2.52 bits per heavy atom. The quantitative estimate of drug-likeness (QED) is 0.609. The van der Waals surface area contributed by atoms with Gasteiger partial charge in [-0.05, 0) is 55.0 Å². The lowest BCUT2D eigenvalue weighted by molar-refractivity contribution is 0.444. The molecule has 3 rings (SSSR count). The molecule has 0 aromatic heterocycles. The third-order valence-corrected chi connectivity index (χ3v) is 5.29. The van der Waals surface area contributed by atoms with E-state index in [1.54, 1.807) is 0 Å². The molecule has 2 heteroatoms. The minimum Gasteiger partial charge on any atom is -0.372 e. The van der Waals surface area contributed by atoms with Crippen LogP contribution in [0.25, 0.3) is 0 Å². The number of anilines is 1. The number of hydrogen-bond acceptors (Lipinski definition) is 1. The molecule has 2 aromatic rings. The van der Waals surface area contributed by atoms with Crippen LogP contribution in [0.3, 0.4) is 0 Å². The Balaban J connectivity index is 1.70. The molecule has 0 heterocycles. The van der Waals surface area contributed by atoms with Crippen LogP contribution in [0.5, 0.6) is 0 Å². The summed E-state index contributed by atoms with van der Waals surface area (Å²) in [6, 6.07) is 16.7. The molecule has 1 unspecified atom stereocenters. The molecule has 0 amide bonds. The first-order valence-electron chi connectivity index (χ1n) is 9.39. The first kappa shape index (κ1) is 17.9. The second kappa shape index (κ2) is 8.97. The van der Waals surface area contributed by atoms with Gasteiger partial charge < -0.3 is 5.32 Å². The Morgan fingerprint density at radius 2 is 1.84 bits per heavy atom. The summed E-state index contributed by atoms with van der Waals surface area (Å²) in [6.07, 6.45) is 7.51. The Labute approximate surface area is 156 Å². The van der Waals surface area contributed by atoms with Crippen LogP contribution in [0.2, 0.25) is 5.02 Å². The van der Waals surface area contributed by atoms with Crippen molar-refractivity contribution >= 4 is 17.3 Å². The van der Waals surface area contributed by atoms with E-state index in [0.717, 1.165) is 22.7 Å². The summed E-state index contributed by atoms with van der Waals surface area (Å²) >= 11 is 6.56. The number of rotatable bonds is 4. The van der Waals surface area contributed by atoms with Crippen molar-refractivity contribution in [2.24, 2.45) is 0 Å². The van der Waals surface area contributed by atoms with E-state index in [4.69, 9.17) is 11.6 Å². The van der Waals surface area contributed by atoms with Gasteiger partial charge in [0.05, 0.1) is 6.04 Å². The van der Waals surface area contributed by atoms with Crippen LogP contribution in [-0.2, 0) is 0 Å². The summed E-state index contributed by atoms with van der Waals surface area (Å²) in [4.78, 5) is 0. The lowest BCUT2D eigenvalue weighted by atomic mass is 9.84. The van der Waals surface area contributed by atoms with Crippen LogP contribution >= 0.6 is 11.6 Å². The molecule has 25 heavy (non-hydrogen) atoms. The van der Waals surface area contributed by atoms with E-state index >= 15 is 0 Å². The van der Waals surface area contributed by atoms with E-state index in [0.29, 0.717) is 5.92 Å². The van der Waals surface area contributed by atoms with E-state index in [1.165, 1.54) is 37.7 Å². The first-order chi connectivity index (χ1) is 12.3. The van der Waals surface area contributed by atoms with Gasteiger partial charge in [-0.25, -0.2) is 0 Å². The predicted molar refractivity (Wildman–Crippen MR) is 108 cm³/mol. The normalized spacial score (nSPS) is 15.9. The average molecular weight is 352 g/mol. The van der Waals surface area contributed by atoms with E-state index in [-0.39, 0.29) is 6.04 Å². The van der Waals surface area contributed by atoms with Gasteiger partial charge in [0, 0.05) is 16.3 Å². The van der Waals surface area contributed by atoms with Gasteiger partial charge in [-0.2, -0.15) is 0 Å². The monoisotopic (exact) mass is 351 g/mol. The Kier molecular flexibility index (Phi) is 6.42. The number of hydrogen-bond donors (Lipinski definition) is 1. The smallest absolute Gasteiger partial charge is 0.0878 e. The molecule has 1 nitrogen and oxygen atoms in total. The fourth-order valence-corrected chi connectivity index (χ4v) is 3.83. The molecule has 0 saturated heterocycles. The number of halogens is 1. The molecule has 1 N–H and O–H groups in total. The third-order valence-electron chi connectivity index (χ3n) is 4.96. The average Bonchev–Trinajstić information content (AvgIpc) is 2.66. The van der Waals surface area contributed by atoms with Crippen LogP contribution in [-0.4, -0.2) is 6.04 Å². The van der Waals surface area contributed by atoms with E-state index in [1.807, 2.05) is 24.3 Å². The molecule has 2 aromatic carbocycles. The summed E-state index contributed by atoms with van der Waals surface area (Å²) in [6.45, 7) is 2.15. The summed E-state index contributed by atoms with van der Waals surface area (Å²) in [7, 11) is 0. The SMILES string of the molecule is CCC(C#Cc1ccc(C2CCCCC2)c(Cl)c1)Nc1ccccc1. The molecule has 1 aliphatic rings. The van der Waals surface area contributed by atoms with E-state index in [2.05, 4.69) is 48.3 Å². The highest BCUT2D eigenvalue weighted by Gasteiger charge is 2.17. The fraction of sp³-hybridized carbons (Fsp3) is 0.391. The van der Waals surface area contributed by atoms with Crippen molar-refractivity contribution in [3.63, 3.8) is 0 Å². The highest BCUT2D eigenvalue weighted by Crippen LogP contribution is 2.36. The lowest BCUT2D eigenvalue weighted by Crippen LogP contribution is -2.15. The second-order valence-electron chi connectivity index (χ2n) is 6.81. The largest absolute Gasteiger partial charge is 0.372 e. The molecule has 0 radical (unpaired) electrons. The summed E-state index contributed by atoms with van der Waals surface area (Å²) in [5.41, 5.74) is 3.41. The zero-order valence-electron chi connectivity index (χ0n) is 14.9. The van der Waals surface area contributed by atoms with E-state index < -0.39 is 0 Å². The predicted octanol–water partition coefficient (Wildman–Crippen LogP) is 6.63. The lowest BCUT2D eigenvalue weighted by Gasteiger charge is -2.22. The zero-order valence-corrected chi connectivity index (χ0v) is 15.7. The van der Waals surface area contributed by atoms with Crippen molar-refractivity contribution < 1.29 is 0 Å². The Morgan fingerprint density at radius 1 is 1.08 bits per heavy atom. The second-order valence-corrected chi connectivity index (χ2v) is 7.22. The fourth-order valence-electron chi connectivity index (χ4n) is 3.50. The van der Waals surface area contributed by atoms with Gasteiger partial charge in [-0.15, -0.1) is 0 Å². The van der Waals surface area contributed by atoms with Crippen molar-refractivity contribution in [2.45, 2.75) is 57.4 Å². The highest BCUT2D eigenvalue weighted by atomic mass is 35.5. The van der Waals surface area contributed by atoms with E-state index in [9.17, 15) is 0 Å². The van der Waals surface area contributed by atoms with Crippen molar-refractivity contribution in [1.29, 1.82) is 0 Å². The van der Waals surface area contributed by atoms with Crippen LogP contribution in [0, 0.1) is 11.8 Å². The number of nitrogens with one attached hydrogen (secondary N) is 1. The molecule has 0 spiro atoms.